The van der Waals surface area contributed by atoms with Crippen molar-refractivity contribution in [2.45, 2.75) is 19.9 Å². The van der Waals surface area contributed by atoms with Gasteiger partial charge in [0.25, 0.3) is 0 Å². The van der Waals surface area contributed by atoms with E-state index in [4.69, 9.17) is 10.5 Å². The van der Waals surface area contributed by atoms with Crippen molar-refractivity contribution < 1.29 is 9.53 Å². The van der Waals surface area contributed by atoms with Crippen LogP contribution in [0.3, 0.4) is 0 Å². The van der Waals surface area contributed by atoms with Gasteiger partial charge < -0.3 is 10.5 Å². The Hall–Kier alpha value is -0.570. The van der Waals surface area contributed by atoms with Crippen LogP contribution in [-0.2, 0) is 9.53 Å². The molecule has 0 radical (unpaired) electrons. The lowest BCUT2D eigenvalue weighted by atomic mass is 9.88. The summed E-state index contributed by atoms with van der Waals surface area (Å²) in [6.07, 6.45) is 0. The molecule has 2 N–H and O–H groups in total. The minimum Gasteiger partial charge on any atom is -0.464 e. The number of ether oxygens (including phenoxy) is 1. The highest BCUT2D eigenvalue weighted by atomic mass is 16.5. The van der Waals surface area contributed by atoms with E-state index in [1.165, 1.54) is 0 Å². The zero-order valence-corrected chi connectivity index (χ0v) is 6.33. The molecule has 3 nitrogen and oxygen atoms in total. The van der Waals surface area contributed by atoms with Gasteiger partial charge >= 0.3 is 5.97 Å². The molecule has 10 heavy (non-hydrogen) atoms. The Morgan fingerprint density at radius 2 is 2.20 bits per heavy atom. The Balaban J connectivity index is 2.60. The molecule has 3 heteroatoms. The van der Waals surface area contributed by atoms with Gasteiger partial charge in [0.15, 0.2) is 0 Å². The van der Waals surface area contributed by atoms with E-state index in [2.05, 4.69) is 0 Å². The fourth-order valence-electron chi connectivity index (χ4n) is 1.05. The van der Waals surface area contributed by atoms with E-state index in [-0.39, 0.29) is 23.8 Å². The van der Waals surface area contributed by atoms with E-state index in [1.54, 1.807) is 0 Å². The van der Waals surface area contributed by atoms with Gasteiger partial charge in [0, 0.05) is 6.04 Å². The second-order valence-corrected chi connectivity index (χ2v) is 2.94. The van der Waals surface area contributed by atoms with Crippen molar-refractivity contribution in [2.75, 3.05) is 6.61 Å². The maximum Gasteiger partial charge on any atom is 0.309 e. The third-order valence-electron chi connectivity index (χ3n) is 2.25. The summed E-state index contributed by atoms with van der Waals surface area (Å²) in [5, 5.41) is 0. The Morgan fingerprint density at radius 1 is 1.60 bits per heavy atom. The first-order valence-corrected chi connectivity index (χ1v) is 3.55. The molecule has 1 aliphatic rings. The van der Waals surface area contributed by atoms with E-state index in [9.17, 15) is 4.79 Å². The summed E-state index contributed by atoms with van der Waals surface area (Å²) in [4.78, 5) is 10.9. The molecule has 1 aliphatic heterocycles. The van der Waals surface area contributed by atoms with Gasteiger partial charge in [-0.05, 0) is 5.92 Å². The number of esters is 1. The molecular formula is C7H13NO2. The van der Waals surface area contributed by atoms with Crippen LogP contribution in [0.4, 0.5) is 0 Å². The number of carbonyl (C=O) groups is 1. The first kappa shape index (κ1) is 7.54. The van der Waals surface area contributed by atoms with Crippen LogP contribution < -0.4 is 5.73 Å². The van der Waals surface area contributed by atoms with Crippen LogP contribution in [0.1, 0.15) is 13.8 Å². The smallest absolute Gasteiger partial charge is 0.309 e. The summed E-state index contributed by atoms with van der Waals surface area (Å²) >= 11 is 0. The molecule has 0 saturated carbocycles. The lowest BCUT2D eigenvalue weighted by molar-refractivity contribution is -0.156. The molecule has 0 aromatic heterocycles. The molecular weight excluding hydrogens is 130 g/mol. The van der Waals surface area contributed by atoms with Gasteiger partial charge in [-0.15, -0.1) is 0 Å². The molecule has 0 bridgehead atoms. The highest BCUT2D eigenvalue weighted by Gasteiger charge is 2.31. The summed E-state index contributed by atoms with van der Waals surface area (Å²) in [6, 6.07) is 0.0210. The summed E-state index contributed by atoms with van der Waals surface area (Å²) < 4.78 is 4.81. The fourth-order valence-corrected chi connectivity index (χ4v) is 1.05. The van der Waals surface area contributed by atoms with Crippen molar-refractivity contribution >= 4 is 5.97 Å². The molecule has 1 saturated heterocycles. The van der Waals surface area contributed by atoms with Crippen LogP contribution >= 0.6 is 0 Å². The predicted molar refractivity (Wildman–Crippen MR) is 37.3 cm³/mol. The number of hydrogen-bond acceptors (Lipinski definition) is 3. The van der Waals surface area contributed by atoms with Gasteiger partial charge in [0.1, 0.15) is 6.61 Å². The minimum atomic E-state index is -0.116. The molecule has 0 aliphatic carbocycles. The van der Waals surface area contributed by atoms with Crippen molar-refractivity contribution in [3.05, 3.63) is 0 Å². The normalized spacial score (nSPS) is 41.1. The molecule has 1 rings (SSSR count). The molecule has 1 heterocycles. The van der Waals surface area contributed by atoms with E-state index < -0.39 is 0 Å². The van der Waals surface area contributed by atoms with Crippen molar-refractivity contribution in [3.63, 3.8) is 0 Å². The maximum absolute atomic E-state index is 10.9. The van der Waals surface area contributed by atoms with Gasteiger partial charge in [-0.25, -0.2) is 0 Å². The van der Waals surface area contributed by atoms with Crippen LogP contribution in [0, 0.1) is 11.8 Å². The van der Waals surface area contributed by atoms with E-state index in [0.717, 1.165) is 0 Å². The van der Waals surface area contributed by atoms with Crippen molar-refractivity contribution in [3.8, 4) is 0 Å². The highest BCUT2D eigenvalue weighted by molar-refractivity contribution is 5.73. The van der Waals surface area contributed by atoms with Crippen LogP contribution in [0.5, 0.6) is 0 Å². The number of nitrogens with two attached hydrogens (primary N) is 1. The SMILES string of the molecule is CC1C(=O)OCC(N)C1C. The lowest BCUT2D eigenvalue weighted by Gasteiger charge is -2.29. The van der Waals surface area contributed by atoms with Crippen LogP contribution in [-0.4, -0.2) is 18.6 Å². The molecule has 0 spiro atoms. The van der Waals surface area contributed by atoms with Gasteiger partial charge in [-0.3, -0.25) is 4.79 Å². The quantitative estimate of drug-likeness (QED) is 0.491. The second kappa shape index (κ2) is 2.58. The number of cyclic esters (lactones) is 1. The maximum atomic E-state index is 10.9. The third kappa shape index (κ3) is 1.14. The Morgan fingerprint density at radius 3 is 2.70 bits per heavy atom. The largest absolute Gasteiger partial charge is 0.464 e. The predicted octanol–water partition coefficient (Wildman–Crippen LogP) is 0.143. The summed E-state index contributed by atoms with van der Waals surface area (Å²) in [5.41, 5.74) is 5.65. The Labute approximate surface area is 60.5 Å². The molecule has 58 valence electrons. The van der Waals surface area contributed by atoms with Crippen LogP contribution in [0.25, 0.3) is 0 Å². The third-order valence-corrected chi connectivity index (χ3v) is 2.25. The molecule has 1 fully saturated rings. The van der Waals surface area contributed by atoms with Crippen molar-refractivity contribution in [1.82, 2.24) is 0 Å². The monoisotopic (exact) mass is 143 g/mol. The molecule has 0 aromatic rings. The van der Waals surface area contributed by atoms with Gasteiger partial charge in [0.2, 0.25) is 0 Å². The van der Waals surface area contributed by atoms with Gasteiger partial charge in [-0.1, -0.05) is 13.8 Å². The summed E-state index contributed by atoms with van der Waals surface area (Å²) in [6.45, 7) is 4.21. The van der Waals surface area contributed by atoms with Crippen LogP contribution in [0.2, 0.25) is 0 Å². The Bertz CT molecular complexity index is 147. The second-order valence-electron chi connectivity index (χ2n) is 2.94. The van der Waals surface area contributed by atoms with Gasteiger partial charge in [0.05, 0.1) is 5.92 Å². The van der Waals surface area contributed by atoms with Crippen LogP contribution in [0.15, 0.2) is 0 Å². The number of hydrogen-bond donors (Lipinski definition) is 1. The zero-order chi connectivity index (χ0) is 7.72. The Kier molecular flexibility index (Phi) is 1.94. The molecule has 0 amide bonds. The zero-order valence-electron chi connectivity index (χ0n) is 6.33. The van der Waals surface area contributed by atoms with Crippen molar-refractivity contribution in [2.24, 2.45) is 17.6 Å². The van der Waals surface area contributed by atoms with E-state index >= 15 is 0 Å². The highest BCUT2D eigenvalue weighted by Crippen LogP contribution is 2.20. The average molecular weight is 143 g/mol. The topological polar surface area (TPSA) is 52.3 Å². The fraction of sp³-hybridized carbons (Fsp3) is 0.857. The molecule has 0 aromatic carbocycles. The number of carbonyl (C=O) groups excluding carboxylic acids is 1. The van der Waals surface area contributed by atoms with Crippen molar-refractivity contribution in [1.29, 1.82) is 0 Å². The first-order chi connectivity index (χ1) is 4.63. The standard InChI is InChI=1S/C7H13NO2/c1-4-5(2)7(9)10-3-6(4)8/h4-6H,3,8H2,1-2H3. The number of rotatable bonds is 0. The lowest BCUT2D eigenvalue weighted by Crippen LogP contribution is -2.45. The minimum absolute atomic E-state index is 0.0210. The van der Waals surface area contributed by atoms with Gasteiger partial charge in [-0.2, -0.15) is 0 Å². The van der Waals surface area contributed by atoms with E-state index in [0.29, 0.717) is 6.61 Å². The summed E-state index contributed by atoms with van der Waals surface area (Å²) in [5.74, 6) is 0.0965. The molecule has 3 unspecified atom stereocenters. The average Bonchev–Trinajstić information content (AvgIpc) is 1.93. The van der Waals surface area contributed by atoms with E-state index in [1.807, 2.05) is 13.8 Å². The summed E-state index contributed by atoms with van der Waals surface area (Å²) in [7, 11) is 0. The first-order valence-electron chi connectivity index (χ1n) is 3.55. The molecule has 3 atom stereocenters.